The lowest BCUT2D eigenvalue weighted by Crippen LogP contribution is -2.08. The van der Waals surface area contributed by atoms with Crippen molar-refractivity contribution >= 4 is 10.9 Å². The quantitative estimate of drug-likeness (QED) is 0.575. The van der Waals surface area contributed by atoms with Crippen molar-refractivity contribution in [3.05, 3.63) is 65.4 Å². The molecule has 1 heteroatoms. The number of aromatic nitrogens is 1. The average molecular weight is 245 g/mol. The maximum atomic E-state index is 4.88. The summed E-state index contributed by atoms with van der Waals surface area (Å²) in [6.45, 7) is 2.23. The fourth-order valence-electron chi connectivity index (χ4n) is 3.21. The smallest absolute Gasteiger partial charge is 0.0708 e. The molecule has 2 aromatic carbocycles. The first-order chi connectivity index (χ1) is 9.34. The molecule has 0 saturated carbocycles. The van der Waals surface area contributed by atoms with Gasteiger partial charge in [0.15, 0.2) is 0 Å². The van der Waals surface area contributed by atoms with E-state index in [0.717, 1.165) is 18.4 Å². The highest BCUT2D eigenvalue weighted by Gasteiger charge is 2.20. The van der Waals surface area contributed by atoms with Crippen LogP contribution < -0.4 is 0 Å². The zero-order valence-corrected chi connectivity index (χ0v) is 11.0. The van der Waals surface area contributed by atoms with E-state index in [1.165, 1.54) is 33.3 Å². The standard InChI is InChI=1S/C18H15N/c1-12-14-7-4-5-9-16(14)19-17-11-10-13-6-2-3-8-15(13)18(12)17/h2-9H,10-11H2,1H3. The van der Waals surface area contributed by atoms with Crippen molar-refractivity contribution in [2.75, 3.05) is 0 Å². The van der Waals surface area contributed by atoms with Gasteiger partial charge in [-0.25, -0.2) is 0 Å². The van der Waals surface area contributed by atoms with E-state index < -0.39 is 0 Å². The summed E-state index contributed by atoms with van der Waals surface area (Å²) in [6.07, 6.45) is 2.16. The zero-order valence-electron chi connectivity index (χ0n) is 11.0. The summed E-state index contributed by atoms with van der Waals surface area (Å²) >= 11 is 0. The van der Waals surface area contributed by atoms with Crippen molar-refractivity contribution in [2.24, 2.45) is 0 Å². The topological polar surface area (TPSA) is 12.9 Å². The van der Waals surface area contributed by atoms with Crippen molar-refractivity contribution in [3.63, 3.8) is 0 Å². The Kier molecular flexibility index (Phi) is 2.22. The first kappa shape index (κ1) is 10.7. The van der Waals surface area contributed by atoms with Crippen LogP contribution in [0.4, 0.5) is 0 Å². The molecule has 1 heterocycles. The molecule has 1 aliphatic carbocycles. The van der Waals surface area contributed by atoms with Crippen molar-refractivity contribution in [1.29, 1.82) is 0 Å². The van der Waals surface area contributed by atoms with Gasteiger partial charge in [0.25, 0.3) is 0 Å². The second kappa shape index (κ2) is 3.92. The molecule has 0 unspecified atom stereocenters. The molecule has 0 N–H and O–H groups in total. The number of pyridine rings is 1. The van der Waals surface area contributed by atoms with E-state index in [1.54, 1.807) is 0 Å². The minimum Gasteiger partial charge on any atom is -0.252 e. The highest BCUT2D eigenvalue weighted by Crippen LogP contribution is 2.37. The lowest BCUT2D eigenvalue weighted by molar-refractivity contribution is 0.902. The number of rotatable bonds is 0. The summed E-state index contributed by atoms with van der Waals surface area (Å²) in [6, 6.07) is 17.2. The minimum atomic E-state index is 1.05. The highest BCUT2D eigenvalue weighted by atomic mass is 14.7. The zero-order chi connectivity index (χ0) is 12.8. The summed E-state index contributed by atoms with van der Waals surface area (Å²) in [5.74, 6) is 0. The molecular formula is C18H15N. The monoisotopic (exact) mass is 245 g/mol. The second-order valence-corrected chi connectivity index (χ2v) is 5.23. The van der Waals surface area contributed by atoms with Crippen molar-refractivity contribution < 1.29 is 0 Å². The molecule has 1 aromatic heterocycles. The maximum Gasteiger partial charge on any atom is 0.0708 e. The third-order valence-electron chi connectivity index (χ3n) is 4.14. The van der Waals surface area contributed by atoms with E-state index in [4.69, 9.17) is 4.98 Å². The van der Waals surface area contributed by atoms with Gasteiger partial charge in [-0.3, -0.25) is 4.98 Å². The van der Waals surface area contributed by atoms with Crippen molar-refractivity contribution in [1.82, 2.24) is 4.98 Å². The molecule has 1 nitrogen and oxygen atoms in total. The van der Waals surface area contributed by atoms with Crippen LogP contribution in [0.5, 0.6) is 0 Å². The first-order valence-corrected chi connectivity index (χ1v) is 6.81. The molecule has 0 saturated heterocycles. The molecule has 0 amide bonds. The van der Waals surface area contributed by atoms with Crippen LogP contribution in [0.1, 0.15) is 16.8 Å². The number of benzene rings is 2. The van der Waals surface area contributed by atoms with Crippen molar-refractivity contribution in [3.8, 4) is 11.1 Å². The summed E-state index contributed by atoms with van der Waals surface area (Å²) in [4.78, 5) is 4.88. The Morgan fingerprint density at radius 1 is 0.895 bits per heavy atom. The Morgan fingerprint density at radius 3 is 2.63 bits per heavy atom. The van der Waals surface area contributed by atoms with E-state index in [-0.39, 0.29) is 0 Å². The lowest BCUT2D eigenvalue weighted by Gasteiger charge is -2.22. The molecule has 0 aliphatic heterocycles. The molecule has 19 heavy (non-hydrogen) atoms. The van der Waals surface area contributed by atoms with Crippen molar-refractivity contribution in [2.45, 2.75) is 19.8 Å². The summed E-state index contributed by atoms with van der Waals surface area (Å²) in [7, 11) is 0. The van der Waals surface area contributed by atoms with Crippen LogP contribution in [-0.4, -0.2) is 4.98 Å². The first-order valence-electron chi connectivity index (χ1n) is 6.81. The van der Waals surface area contributed by atoms with Crippen LogP contribution in [0.2, 0.25) is 0 Å². The van der Waals surface area contributed by atoms with Crippen LogP contribution >= 0.6 is 0 Å². The minimum absolute atomic E-state index is 1.05. The molecule has 0 spiro atoms. The predicted octanol–water partition coefficient (Wildman–Crippen LogP) is 4.31. The number of para-hydroxylation sites is 1. The van der Waals surface area contributed by atoms with E-state index in [9.17, 15) is 0 Å². The third-order valence-corrected chi connectivity index (χ3v) is 4.14. The van der Waals surface area contributed by atoms with Crippen LogP contribution in [-0.2, 0) is 12.8 Å². The van der Waals surface area contributed by atoms with Crippen LogP contribution in [0, 0.1) is 6.92 Å². The Balaban J connectivity index is 2.13. The molecular weight excluding hydrogens is 230 g/mol. The van der Waals surface area contributed by atoms with Crippen LogP contribution in [0.3, 0.4) is 0 Å². The van der Waals surface area contributed by atoms with Gasteiger partial charge in [-0.2, -0.15) is 0 Å². The molecule has 0 atom stereocenters. The van der Waals surface area contributed by atoms with Gasteiger partial charge in [-0.15, -0.1) is 0 Å². The van der Waals surface area contributed by atoms with E-state index in [0.29, 0.717) is 0 Å². The Morgan fingerprint density at radius 2 is 1.68 bits per heavy atom. The SMILES string of the molecule is Cc1c2c(nc3ccccc13)CCc1ccccc1-2. The van der Waals surface area contributed by atoms with Gasteiger partial charge in [0.05, 0.1) is 5.52 Å². The summed E-state index contributed by atoms with van der Waals surface area (Å²) in [5.41, 5.74) is 7.94. The molecule has 0 fully saturated rings. The summed E-state index contributed by atoms with van der Waals surface area (Å²) < 4.78 is 0. The Hall–Kier alpha value is -2.15. The van der Waals surface area contributed by atoms with Gasteiger partial charge in [0.2, 0.25) is 0 Å². The number of fused-ring (bicyclic) bond motifs is 4. The molecule has 3 aromatic rings. The number of nitrogens with zero attached hydrogens (tertiary/aromatic N) is 1. The summed E-state index contributed by atoms with van der Waals surface area (Å²) in [5, 5.41) is 1.28. The fraction of sp³-hybridized carbons (Fsp3) is 0.167. The molecule has 4 rings (SSSR count). The Bertz CT molecular complexity index is 787. The van der Waals surface area contributed by atoms with Gasteiger partial charge in [0, 0.05) is 16.6 Å². The van der Waals surface area contributed by atoms with Gasteiger partial charge in [-0.05, 0) is 42.5 Å². The van der Waals surface area contributed by atoms with Gasteiger partial charge in [-0.1, -0.05) is 42.5 Å². The molecule has 0 bridgehead atoms. The Labute approximate surface area is 112 Å². The average Bonchev–Trinajstić information content (AvgIpc) is 2.47. The van der Waals surface area contributed by atoms with Gasteiger partial charge < -0.3 is 0 Å². The lowest BCUT2D eigenvalue weighted by atomic mass is 9.85. The number of aryl methyl sites for hydroxylation is 3. The molecule has 0 radical (unpaired) electrons. The number of hydrogen-bond acceptors (Lipinski definition) is 1. The van der Waals surface area contributed by atoms with E-state index >= 15 is 0 Å². The van der Waals surface area contributed by atoms with Gasteiger partial charge >= 0.3 is 0 Å². The molecule has 1 aliphatic rings. The normalized spacial score (nSPS) is 13.1. The maximum absolute atomic E-state index is 4.88. The number of hydrogen-bond donors (Lipinski definition) is 0. The second-order valence-electron chi connectivity index (χ2n) is 5.23. The third kappa shape index (κ3) is 1.51. The predicted molar refractivity (Wildman–Crippen MR) is 79.3 cm³/mol. The van der Waals surface area contributed by atoms with Gasteiger partial charge in [0.1, 0.15) is 0 Å². The van der Waals surface area contributed by atoms with E-state index in [2.05, 4.69) is 55.5 Å². The van der Waals surface area contributed by atoms with Crippen LogP contribution in [0.15, 0.2) is 48.5 Å². The fourth-order valence-corrected chi connectivity index (χ4v) is 3.21. The molecule has 92 valence electrons. The largest absolute Gasteiger partial charge is 0.252 e. The highest BCUT2D eigenvalue weighted by molar-refractivity contribution is 5.90. The van der Waals surface area contributed by atoms with E-state index in [1.807, 2.05) is 0 Å². The van der Waals surface area contributed by atoms with Crippen LogP contribution in [0.25, 0.3) is 22.0 Å².